The van der Waals surface area contributed by atoms with Crippen LogP contribution in [0.4, 0.5) is 11.8 Å². The zero-order valence-electron chi connectivity index (χ0n) is 12.6. The number of aryl methyl sites for hydroxylation is 1. The normalized spacial score (nSPS) is 12.5. The van der Waals surface area contributed by atoms with Gasteiger partial charge in [0.15, 0.2) is 0 Å². The summed E-state index contributed by atoms with van der Waals surface area (Å²) in [5.74, 6) is 0.871. The van der Waals surface area contributed by atoms with Crippen LogP contribution in [-0.4, -0.2) is 48.9 Å². The number of nitrogen functional groups attached to an aromatic ring is 1. The highest BCUT2D eigenvalue weighted by atomic mass is 16.3. The number of hydrogen-bond acceptors (Lipinski definition) is 8. The SMILES string of the molecule is Cc1c(-c2ccnc(N)n2)nn2cnc(NCC(N)CO)cc12. The lowest BCUT2D eigenvalue weighted by atomic mass is 10.2. The Hall–Kier alpha value is -2.78. The maximum Gasteiger partial charge on any atom is 0.220 e. The first-order valence-electron chi connectivity index (χ1n) is 7.12. The standard InChI is InChI=1S/C14H18N8O/c1-8-11-4-12(18-5-9(15)6-23)19-7-22(11)21-13(8)10-2-3-17-14(16)20-10/h2-4,7,9,18,23H,5-6,15H2,1H3,(H2,16,17,20). The maximum atomic E-state index is 8.96. The summed E-state index contributed by atoms with van der Waals surface area (Å²) in [5.41, 5.74) is 14.6. The molecule has 3 rings (SSSR count). The Labute approximate surface area is 132 Å². The van der Waals surface area contributed by atoms with Gasteiger partial charge >= 0.3 is 0 Å². The molecule has 0 saturated carbocycles. The van der Waals surface area contributed by atoms with Crippen molar-refractivity contribution in [2.24, 2.45) is 5.73 Å². The summed E-state index contributed by atoms with van der Waals surface area (Å²) >= 11 is 0. The molecule has 23 heavy (non-hydrogen) atoms. The Morgan fingerprint density at radius 3 is 2.96 bits per heavy atom. The molecular formula is C14H18N8O. The topological polar surface area (TPSA) is 140 Å². The third kappa shape index (κ3) is 3.05. The number of nitrogens with zero attached hydrogens (tertiary/aromatic N) is 5. The molecule has 0 saturated heterocycles. The molecule has 0 spiro atoms. The van der Waals surface area contributed by atoms with E-state index in [0.717, 1.165) is 16.8 Å². The second-order valence-corrected chi connectivity index (χ2v) is 5.20. The van der Waals surface area contributed by atoms with E-state index in [1.54, 1.807) is 23.1 Å². The Kier molecular flexibility index (Phi) is 4.04. The summed E-state index contributed by atoms with van der Waals surface area (Å²) in [6, 6.07) is 3.30. The Bertz CT molecular complexity index is 831. The molecule has 0 bridgehead atoms. The Morgan fingerprint density at radius 1 is 1.39 bits per heavy atom. The number of rotatable bonds is 5. The third-order valence-electron chi connectivity index (χ3n) is 3.47. The largest absolute Gasteiger partial charge is 0.395 e. The van der Waals surface area contributed by atoms with E-state index in [2.05, 4.69) is 25.4 Å². The van der Waals surface area contributed by atoms with Crippen molar-refractivity contribution in [1.82, 2.24) is 24.6 Å². The number of aromatic nitrogens is 5. The zero-order valence-corrected chi connectivity index (χ0v) is 12.6. The Balaban J connectivity index is 1.95. The molecule has 0 aliphatic rings. The molecule has 0 aliphatic carbocycles. The smallest absolute Gasteiger partial charge is 0.220 e. The number of aliphatic hydroxyl groups excluding tert-OH is 1. The highest BCUT2D eigenvalue weighted by molar-refractivity contribution is 5.72. The molecule has 3 aromatic rings. The second kappa shape index (κ2) is 6.15. The van der Waals surface area contributed by atoms with Crippen LogP contribution in [0.25, 0.3) is 16.9 Å². The van der Waals surface area contributed by atoms with Gasteiger partial charge in [0.2, 0.25) is 5.95 Å². The molecule has 0 fully saturated rings. The van der Waals surface area contributed by atoms with Crippen LogP contribution >= 0.6 is 0 Å². The number of fused-ring (bicyclic) bond motifs is 1. The highest BCUT2D eigenvalue weighted by Gasteiger charge is 2.13. The van der Waals surface area contributed by atoms with E-state index in [1.807, 2.05) is 13.0 Å². The summed E-state index contributed by atoms with van der Waals surface area (Å²) in [5, 5.41) is 16.5. The van der Waals surface area contributed by atoms with Gasteiger partial charge in [0, 0.05) is 30.4 Å². The first-order chi connectivity index (χ1) is 11.1. The van der Waals surface area contributed by atoms with E-state index >= 15 is 0 Å². The summed E-state index contributed by atoms with van der Waals surface area (Å²) in [4.78, 5) is 12.4. The number of nitrogens with one attached hydrogen (secondary N) is 1. The predicted molar refractivity (Wildman–Crippen MR) is 86.7 cm³/mol. The first kappa shape index (κ1) is 15.1. The van der Waals surface area contributed by atoms with Crippen molar-refractivity contribution in [2.45, 2.75) is 13.0 Å². The van der Waals surface area contributed by atoms with Crippen molar-refractivity contribution in [3.8, 4) is 11.4 Å². The summed E-state index contributed by atoms with van der Waals surface area (Å²) < 4.78 is 1.68. The van der Waals surface area contributed by atoms with Gasteiger partial charge in [0.25, 0.3) is 0 Å². The molecule has 6 N–H and O–H groups in total. The van der Waals surface area contributed by atoms with Gasteiger partial charge in [0.05, 0.1) is 17.8 Å². The lowest BCUT2D eigenvalue weighted by molar-refractivity contribution is 0.270. The third-order valence-corrected chi connectivity index (χ3v) is 3.47. The van der Waals surface area contributed by atoms with Crippen molar-refractivity contribution >= 4 is 17.3 Å². The fourth-order valence-electron chi connectivity index (χ4n) is 2.22. The van der Waals surface area contributed by atoms with Crippen molar-refractivity contribution in [1.29, 1.82) is 0 Å². The second-order valence-electron chi connectivity index (χ2n) is 5.20. The first-order valence-corrected chi connectivity index (χ1v) is 7.12. The van der Waals surface area contributed by atoms with E-state index in [1.165, 1.54) is 0 Å². The van der Waals surface area contributed by atoms with Gasteiger partial charge in [0.1, 0.15) is 17.8 Å². The molecule has 0 aromatic carbocycles. The average molecular weight is 314 g/mol. The molecule has 1 atom stereocenters. The van der Waals surface area contributed by atoms with E-state index in [0.29, 0.717) is 18.1 Å². The Morgan fingerprint density at radius 2 is 2.22 bits per heavy atom. The average Bonchev–Trinajstić information content (AvgIpc) is 2.89. The minimum Gasteiger partial charge on any atom is -0.395 e. The minimum atomic E-state index is -0.335. The number of anilines is 2. The van der Waals surface area contributed by atoms with Crippen molar-refractivity contribution in [3.05, 3.63) is 30.2 Å². The molecule has 9 heteroatoms. The molecule has 0 aliphatic heterocycles. The van der Waals surface area contributed by atoms with Gasteiger partial charge in [-0.3, -0.25) is 0 Å². The van der Waals surface area contributed by atoms with Crippen LogP contribution in [0.1, 0.15) is 5.56 Å². The van der Waals surface area contributed by atoms with Gasteiger partial charge < -0.3 is 21.9 Å². The predicted octanol–water partition coefficient (Wildman–Crippen LogP) is -0.192. The van der Waals surface area contributed by atoms with Crippen molar-refractivity contribution < 1.29 is 5.11 Å². The molecule has 1 unspecified atom stereocenters. The molecule has 0 amide bonds. The summed E-state index contributed by atoms with van der Waals surface area (Å²) in [6.45, 7) is 2.31. The van der Waals surface area contributed by atoms with Crippen LogP contribution in [0.5, 0.6) is 0 Å². The van der Waals surface area contributed by atoms with Crippen LogP contribution in [-0.2, 0) is 0 Å². The maximum absolute atomic E-state index is 8.96. The summed E-state index contributed by atoms with van der Waals surface area (Å²) in [7, 11) is 0. The van der Waals surface area contributed by atoms with Crippen molar-refractivity contribution in [2.75, 3.05) is 24.2 Å². The summed E-state index contributed by atoms with van der Waals surface area (Å²) in [6.07, 6.45) is 3.21. The van der Waals surface area contributed by atoms with Crippen LogP contribution in [0.3, 0.4) is 0 Å². The lowest BCUT2D eigenvalue weighted by Crippen LogP contribution is -2.32. The van der Waals surface area contributed by atoms with Gasteiger partial charge in [-0.1, -0.05) is 0 Å². The van der Waals surface area contributed by atoms with Crippen LogP contribution in [0.2, 0.25) is 0 Å². The van der Waals surface area contributed by atoms with E-state index in [4.69, 9.17) is 16.6 Å². The van der Waals surface area contributed by atoms with Gasteiger partial charge in [-0.2, -0.15) is 5.10 Å². The molecular weight excluding hydrogens is 296 g/mol. The molecule has 9 nitrogen and oxygen atoms in total. The van der Waals surface area contributed by atoms with Crippen molar-refractivity contribution in [3.63, 3.8) is 0 Å². The van der Waals surface area contributed by atoms with E-state index in [-0.39, 0.29) is 18.6 Å². The van der Waals surface area contributed by atoms with Crippen LogP contribution in [0.15, 0.2) is 24.7 Å². The fourth-order valence-corrected chi connectivity index (χ4v) is 2.22. The minimum absolute atomic E-state index is 0.0831. The quantitative estimate of drug-likeness (QED) is 0.508. The number of hydrogen-bond donors (Lipinski definition) is 4. The van der Waals surface area contributed by atoms with Gasteiger partial charge in [-0.05, 0) is 13.0 Å². The number of aliphatic hydroxyl groups is 1. The van der Waals surface area contributed by atoms with Gasteiger partial charge in [-0.15, -0.1) is 0 Å². The highest BCUT2D eigenvalue weighted by Crippen LogP contribution is 2.24. The van der Waals surface area contributed by atoms with Crippen LogP contribution < -0.4 is 16.8 Å². The monoisotopic (exact) mass is 314 g/mol. The number of nitrogens with two attached hydrogens (primary N) is 2. The van der Waals surface area contributed by atoms with E-state index < -0.39 is 0 Å². The fraction of sp³-hybridized carbons (Fsp3) is 0.286. The molecule has 120 valence electrons. The zero-order chi connectivity index (χ0) is 16.4. The molecule has 3 heterocycles. The molecule has 3 aromatic heterocycles. The van der Waals surface area contributed by atoms with E-state index in [9.17, 15) is 0 Å². The van der Waals surface area contributed by atoms with Gasteiger partial charge in [-0.25, -0.2) is 19.5 Å². The lowest BCUT2D eigenvalue weighted by Gasteiger charge is -2.10. The molecule has 0 radical (unpaired) electrons. The van der Waals surface area contributed by atoms with Crippen LogP contribution in [0, 0.1) is 6.92 Å².